The van der Waals surface area contributed by atoms with Gasteiger partial charge in [0.1, 0.15) is 5.82 Å². The van der Waals surface area contributed by atoms with Crippen LogP contribution in [0.5, 0.6) is 0 Å². The van der Waals surface area contributed by atoms with E-state index in [0.29, 0.717) is 10.6 Å². The summed E-state index contributed by atoms with van der Waals surface area (Å²) in [6.45, 7) is 1.85. The first kappa shape index (κ1) is 12.1. The molecule has 2 rings (SSSR count). The second kappa shape index (κ2) is 4.86. The van der Waals surface area contributed by atoms with Crippen LogP contribution in [0.2, 0.25) is 5.02 Å². The predicted molar refractivity (Wildman–Crippen MR) is 67.5 cm³/mol. The highest BCUT2D eigenvalue weighted by Crippen LogP contribution is 2.31. The molecule has 2 aromatic rings. The van der Waals surface area contributed by atoms with Crippen molar-refractivity contribution in [1.82, 2.24) is 0 Å². The Hall–Kier alpha value is -1.38. The summed E-state index contributed by atoms with van der Waals surface area (Å²) in [5, 5.41) is 9.77. The molecule has 0 spiro atoms. The van der Waals surface area contributed by atoms with E-state index in [-0.39, 0.29) is 12.4 Å². The monoisotopic (exact) mass is 250 g/mol. The summed E-state index contributed by atoms with van der Waals surface area (Å²) in [4.78, 5) is 0. The molecule has 0 aliphatic heterocycles. The van der Waals surface area contributed by atoms with Crippen LogP contribution < -0.4 is 0 Å². The zero-order valence-corrected chi connectivity index (χ0v) is 10.1. The van der Waals surface area contributed by atoms with Crippen molar-refractivity contribution in [3.8, 4) is 11.1 Å². The largest absolute Gasteiger partial charge is 0.392 e. The number of aliphatic hydroxyl groups is 1. The summed E-state index contributed by atoms with van der Waals surface area (Å²) in [5.41, 5.74) is 3.16. The quantitative estimate of drug-likeness (QED) is 0.856. The van der Waals surface area contributed by atoms with Gasteiger partial charge in [0.15, 0.2) is 0 Å². The highest BCUT2D eigenvalue weighted by Gasteiger charge is 2.09. The molecule has 3 heteroatoms. The van der Waals surface area contributed by atoms with Crippen LogP contribution in [0.4, 0.5) is 4.39 Å². The fraction of sp³-hybridized carbons (Fsp3) is 0.143. The lowest BCUT2D eigenvalue weighted by atomic mass is 9.98. The summed E-state index contributed by atoms with van der Waals surface area (Å²) >= 11 is 6.06. The smallest absolute Gasteiger partial charge is 0.123 e. The van der Waals surface area contributed by atoms with Crippen molar-refractivity contribution in [1.29, 1.82) is 0 Å². The average molecular weight is 251 g/mol. The number of aryl methyl sites for hydroxylation is 1. The Morgan fingerprint density at radius 1 is 1.12 bits per heavy atom. The van der Waals surface area contributed by atoms with Gasteiger partial charge in [0, 0.05) is 10.6 Å². The summed E-state index contributed by atoms with van der Waals surface area (Å²) < 4.78 is 13.2. The van der Waals surface area contributed by atoms with Crippen LogP contribution in [0, 0.1) is 12.7 Å². The first-order chi connectivity index (χ1) is 8.11. The maximum Gasteiger partial charge on any atom is 0.123 e. The highest BCUT2D eigenvalue weighted by molar-refractivity contribution is 6.33. The van der Waals surface area contributed by atoms with Crippen molar-refractivity contribution in [2.75, 3.05) is 0 Å². The third-order valence-corrected chi connectivity index (χ3v) is 2.98. The molecule has 0 unspecified atom stereocenters. The van der Waals surface area contributed by atoms with Gasteiger partial charge in [-0.15, -0.1) is 0 Å². The molecule has 0 heterocycles. The van der Waals surface area contributed by atoms with Gasteiger partial charge < -0.3 is 5.11 Å². The van der Waals surface area contributed by atoms with Crippen molar-refractivity contribution in [2.45, 2.75) is 13.5 Å². The molecule has 0 atom stereocenters. The van der Waals surface area contributed by atoms with Gasteiger partial charge in [0.25, 0.3) is 0 Å². The Labute approximate surface area is 104 Å². The van der Waals surface area contributed by atoms with Gasteiger partial charge in [0.2, 0.25) is 0 Å². The standard InChI is InChI=1S/C14H12ClFO/c1-9-2-3-10(8-17)12(6-9)13-7-11(16)4-5-14(13)15/h2-7,17H,8H2,1H3. The molecule has 0 amide bonds. The zero-order chi connectivity index (χ0) is 12.4. The van der Waals surface area contributed by atoms with Gasteiger partial charge >= 0.3 is 0 Å². The summed E-state index contributed by atoms with van der Waals surface area (Å²) in [7, 11) is 0. The zero-order valence-electron chi connectivity index (χ0n) is 9.37. The van der Waals surface area contributed by atoms with Crippen LogP contribution >= 0.6 is 11.6 Å². The maximum absolute atomic E-state index is 13.2. The maximum atomic E-state index is 13.2. The van der Waals surface area contributed by atoms with Crippen LogP contribution in [-0.2, 0) is 6.61 Å². The second-order valence-electron chi connectivity index (χ2n) is 3.94. The van der Waals surface area contributed by atoms with Gasteiger partial charge in [-0.3, -0.25) is 0 Å². The van der Waals surface area contributed by atoms with E-state index >= 15 is 0 Å². The number of rotatable bonds is 2. The summed E-state index contributed by atoms with van der Waals surface area (Å²) in [5.74, 6) is -0.338. The number of halogens is 2. The molecule has 1 nitrogen and oxygen atoms in total. The van der Waals surface area contributed by atoms with Crippen LogP contribution in [0.3, 0.4) is 0 Å². The Morgan fingerprint density at radius 3 is 2.59 bits per heavy atom. The molecule has 0 saturated heterocycles. The Morgan fingerprint density at radius 2 is 1.88 bits per heavy atom. The Balaban J connectivity index is 2.66. The number of hydrogen-bond acceptors (Lipinski definition) is 1. The van der Waals surface area contributed by atoms with E-state index in [1.807, 2.05) is 25.1 Å². The summed E-state index contributed by atoms with van der Waals surface area (Å²) in [6.07, 6.45) is 0. The van der Waals surface area contributed by atoms with E-state index in [2.05, 4.69) is 0 Å². The van der Waals surface area contributed by atoms with E-state index in [1.165, 1.54) is 18.2 Å². The molecule has 17 heavy (non-hydrogen) atoms. The van der Waals surface area contributed by atoms with Gasteiger partial charge in [-0.05, 0) is 36.2 Å². The van der Waals surface area contributed by atoms with Crippen LogP contribution in [0.25, 0.3) is 11.1 Å². The first-order valence-corrected chi connectivity index (χ1v) is 5.65. The minimum Gasteiger partial charge on any atom is -0.392 e. The molecule has 0 saturated carbocycles. The molecule has 88 valence electrons. The number of aliphatic hydroxyl groups excluding tert-OH is 1. The van der Waals surface area contributed by atoms with Crippen LogP contribution in [-0.4, -0.2) is 5.11 Å². The molecular formula is C14H12ClFO. The second-order valence-corrected chi connectivity index (χ2v) is 4.35. The van der Waals surface area contributed by atoms with Crippen LogP contribution in [0.1, 0.15) is 11.1 Å². The summed E-state index contributed by atoms with van der Waals surface area (Å²) in [6, 6.07) is 9.85. The number of hydrogen-bond donors (Lipinski definition) is 1. The normalized spacial score (nSPS) is 10.6. The molecular weight excluding hydrogens is 239 g/mol. The molecule has 2 aromatic carbocycles. The van der Waals surface area contributed by atoms with E-state index < -0.39 is 0 Å². The predicted octanol–water partition coefficient (Wildman–Crippen LogP) is 3.95. The number of benzene rings is 2. The van der Waals surface area contributed by atoms with Gasteiger partial charge in [-0.25, -0.2) is 4.39 Å². The lowest BCUT2D eigenvalue weighted by Gasteiger charge is -2.10. The minimum absolute atomic E-state index is 0.0948. The molecule has 0 radical (unpaired) electrons. The lowest BCUT2D eigenvalue weighted by Crippen LogP contribution is -1.92. The average Bonchev–Trinajstić information content (AvgIpc) is 2.32. The van der Waals surface area contributed by atoms with Gasteiger partial charge in [-0.2, -0.15) is 0 Å². The van der Waals surface area contributed by atoms with E-state index in [0.717, 1.165) is 16.7 Å². The van der Waals surface area contributed by atoms with Crippen molar-refractivity contribution < 1.29 is 9.50 Å². The van der Waals surface area contributed by atoms with E-state index in [4.69, 9.17) is 11.6 Å². The van der Waals surface area contributed by atoms with Crippen LogP contribution in [0.15, 0.2) is 36.4 Å². The Bertz CT molecular complexity index is 552. The molecule has 1 N–H and O–H groups in total. The van der Waals surface area contributed by atoms with E-state index in [9.17, 15) is 9.50 Å². The lowest BCUT2D eigenvalue weighted by molar-refractivity contribution is 0.282. The SMILES string of the molecule is Cc1ccc(CO)c(-c2cc(F)ccc2Cl)c1. The van der Waals surface area contributed by atoms with Crippen molar-refractivity contribution >= 4 is 11.6 Å². The third kappa shape index (κ3) is 2.48. The fourth-order valence-corrected chi connectivity index (χ4v) is 2.00. The van der Waals surface area contributed by atoms with E-state index in [1.54, 1.807) is 0 Å². The van der Waals surface area contributed by atoms with Crippen molar-refractivity contribution in [3.63, 3.8) is 0 Å². The topological polar surface area (TPSA) is 20.2 Å². The minimum atomic E-state index is -0.338. The fourth-order valence-electron chi connectivity index (χ4n) is 1.78. The van der Waals surface area contributed by atoms with Crippen molar-refractivity contribution in [3.05, 3.63) is 58.4 Å². The van der Waals surface area contributed by atoms with Gasteiger partial charge in [-0.1, -0.05) is 35.4 Å². The molecule has 0 bridgehead atoms. The molecule has 0 aliphatic carbocycles. The molecule has 0 fully saturated rings. The third-order valence-electron chi connectivity index (χ3n) is 2.65. The van der Waals surface area contributed by atoms with Gasteiger partial charge in [0.05, 0.1) is 6.61 Å². The Kier molecular flexibility index (Phi) is 3.46. The highest BCUT2D eigenvalue weighted by atomic mass is 35.5. The molecule has 0 aromatic heterocycles. The first-order valence-electron chi connectivity index (χ1n) is 5.27. The van der Waals surface area contributed by atoms with Crippen molar-refractivity contribution in [2.24, 2.45) is 0 Å². The molecule has 0 aliphatic rings.